The first-order valence-electron chi connectivity index (χ1n) is 11.2. The number of anilines is 1. The van der Waals surface area contributed by atoms with Gasteiger partial charge in [0.2, 0.25) is 0 Å². The number of rotatable bonds is 5. The van der Waals surface area contributed by atoms with Crippen LogP contribution in [0.1, 0.15) is 34.0 Å². The van der Waals surface area contributed by atoms with Gasteiger partial charge < -0.3 is 25.0 Å². The number of morpholine rings is 1. The second kappa shape index (κ2) is 9.56. The molecule has 2 aromatic carbocycles. The Kier molecular flexibility index (Phi) is 6.72. The number of halogens is 2. The fourth-order valence-corrected chi connectivity index (χ4v) is 4.14. The molecule has 6 nitrogen and oxygen atoms in total. The SMILES string of the molecule is Cc1ccc(NC(=O)c2cccc(C(C)(F)F)c2)cc1C1=CN(C)C(O)C(N2CCOCC2)=C1. The van der Waals surface area contributed by atoms with Crippen LogP contribution in [-0.4, -0.2) is 60.4 Å². The average molecular weight is 470 g/mol. The highest BCUT2D eigenvalue weighted by Crippen LogP contribution is 2.31. The van der Waals surface area contributed by atoms with Gasteiger partial charge in [0.25, 0.3) is 11.8 Å². The summed E-state index contributed by atoms with van der Waals surface area (Å²) in [6.45, 7) is 5.41. The number of aryl methyl sites for hydroxylation is 1. The molecule has 2 heterocycles. The van der Waals surface area contributed by atoms with E-state index in [4.69, 9.17) is 4.74 Å². The number of hydrogen-bond donors (Lipinski definition) is 2. The lowest BCUT2D eigenvalue weighted by Gasteiger charge is -2.38. The predicted octanol–water partition coefficient (Wildman–Crippen LogP) is 4.18. The molecule has 1 saturated heterocycles. The average Bonchev–Trinajstić information content (AvgIpc) is 2.82. The highest BCUT2D eigenvalue weighted by Gasteiger charge is 2.27. The van der Waals surface area contributed by atoms with E-state index in [2.05, 4.69) is 10.2 Å². The molecule has 34 heavy (non-hydrogen) atoms. The van der Waals surface area contributed by atoms with E-state index < -0.39 is 18.1 Å². The van der Waals surface area contributed by atoms with Crippen LogP contribution in [0, 0.1) is 6.92 Å². The number of ether oxygens (including phenoxy) is 1. The van der Waals surface area contributed by atoms with Crippen LogP contribution >= 0.6 is 0 Å². The number of hydrogen-bond acceptors (Lipinski definition) is 5. The Balaban J connectivity index is 1.60. The monoisotopic (exact) mass is 469 g/mol. The Morgan fingerprint density at radius 3 is 2.62 bits per heavy atom. The maximum absolute atomic E-state index is 13.7. The zero-order valence-electron chi connectivity index (χ0n) is 19.5. The maximum Gasteiger partial charge on any atom is 0.270 e. The molecule has 0 spiro atoms. The molecule has 0 aliphatic carbocycles. The van der Waals surface area contributed by atoms with Crippen molar-refractivity contribution < 1.29 is 23.4 Å². The summed E-state index contributed by atoms with van der Waals surface area (Å²) in [6.07, 6.45) is 3.08. The predicted molar refractivity (Wildman–Crippen MR) is 127 cm³/mol. The molecule has 8 heteroatoms. The van der Waals surface area contributed by atoms with Crippen LogP contribution in [0.3, 0.4) is 0 Å². The topological polar surface area (TPSA) is 65.0 Å². The van der Waals surface area contributed by atoms with E-state index in [1.807, 2.05) is 38.4 Å². The van der Waals surface area contributed by atoms with E-state index in [1.165, 1.54) is 24.3 Å². The lowest BCUT2D eigenvalue weighted by Crippen LogP contribution is -2.44. The molecular weight excluding hydrogens is 440 g/mol. The van der Waals surface area contributed by atoms with Crippen LogP contribution in [0.25, 0.3) is 5.57 Å². The van der Waals surface area contributed by atoms with Gasteiger partial charge in [-0.15, -0.1) is 0 Å². The van der Waals surface area contributed by atoms with E-state index >= 15 is 0 Å². The minimum absolute atomic E-state index is 0.162. The summed E-state index contributed by atoms with van der Waals surface area (Å²) in [5, 5.41) is 13.5. The van der Waals surface area contributed by atoms with Crippen molar-refractivity contribution in [3.63, 3.8) is 0 Å². The molecule has 1 fully saturated rings. The maximum atomic E-state index is 13.7. The van der Waals surface area contributed by atoms with Crippen LogP contribution in [0.4, 0.5) is 14.5 Å². The summed E-state index contributed by atoms with van der Waals surface area (Å²) in [5.74, 6) is -3.49. The Bertz CT molecular complexity index is 1130. The van der Waals surface area contributed by atoms with E-state index in [1.54, 1.807) is 11.0 Å². The highest BCUT2D eigenvalue weighted by molar-refractivity contribution is 6.04. The molecule has 1 atom stereocenters. The quantitative estimate of drug-likeness (QED) is 0.688. The second-order valence-corrected chi connectivity index (χ2v) is 8.75. The number of alkyl halides is 2. The van der Waals surface area contributed by atoms with Gasteiger partial charge in [-0.05, 0) is 54.0 Å². The molecule has 2 N–H and O–H groups in total. The number of likely N-dealkylation sites (N-methyl/N-ethyl adjacent to an activating group) is 1. The number of aliphatic hydroxyl groups excluding tert-OH is 1. The molecular formula is C26H29F2N3O3. The van der Waals surface area contributed by atoms with Gasteiger partial charge in [0.1, 0.15) is 0 Å². The van der Waals surface area contributed by atoms with Crippen molar-refractivity contribution in [2.45, 2.75) is 26.0 Å². The molecule has 1 unspecified atom stereocenters. The third kappa shape index (κ3) is 5.13. The van der Waals surface area contributed by atoms with Crippen LogP contribution in [0.15, 0.2) is 60.4 Å². The lowest BCUT2D eigenvalue weighted by molar-refractivity contribution is 0.0128. The zero-order valence-corrected chi connectivity index (χ0v) is 19.5. The normalized spacial score (nSPS) is 18.9. The van der Waals surface area contributed by atoms with Crippen molar-refractivity contribution in [1.82, 2.24) is 9.80 Å². The van der Waals surface area contributed by atoms with Gasteiger partial charge in [0.05, 0.1) is 18.9 Å². The van der Waals surface area contributed by atoms with Gasteiger partial charge in [0, 0.05) is 50.1 Å². The first-order valence-corrected chi connectivity index (χ1v) is 11.2. The van der Waals surface area contributed by atoms with Crippen LogP contribution < -0.4 is 5.32 Å². The van der Waals surface area contributed by atoms with Crippen molar-refractivity contribution in [3.8, 4) is 0 Å². The van der Waals surface area contributed by atoms with E-state index in [0.717, 1.165) is 29.3 Å². The van der Waals surface area contributed by atoms with Gasteiger partial charge in [-0.25, -0.2) is 8.78 Å². The number of amides is 1. The first kappa shape index (κ1) is 23.9. The zero-order chi connectivity index (χ0) is 24.5. The minimum atomic E-state index is -3.03. The molecule has 1 amide bonds. The van der Waals surface area contributed by atoms with Crippen molar-refractivity contribution >= 4 is 17.2 Å². The van der Waals surface area contributed by atoms with Gasteiger partial charge in [-0.1, -0.05) is 18.2 Å². The number of nitrogens with zero attached hydrogens (tertiary/aromatic N) is 2. The van der Waals surface area contributed by atoms with Crippen LogP contribution in [0.5, 0.6) is 0 Å². The smallest absolute Gasteiger partial charge is 0.270 e. The molecule has 0 aromatic heterocycles. The Hall–Kier alpha value is -3.23. The van der Waals surface area contributed by atoms with Crippen molar-refractivity contribution in [1.29, 1.82) is 0 Å². The van der Waals surface area contributed by atoms with Crippen molar-refractivity contribution in [2.24, 2.45) is 0 Å². The number of nitrogens with one attached hydrogen (secondary N) is 1. The van der Waals surface area contributed by atoms with Crippen LogP contribution in [0.2, 0.25) is 0 Å². The number of aliphatic hydroxyl groups is 1. The van der Waals surface area contributed by atoms with E-state index in [0.29, 0.717) is 32.0 Å². The molecule has 0 bridgehead atoms. The molecule has 2 aliphatic heterocycles. The largest absolute Gasteiger partial charge is 0.378 e. The lowest BCUT2D eigenvalue weighted by atomic mass is 9.97. The summed E-state index contributed by atoms with van der Waals surface area (Å²) in [4.78, 5) is 16.6. The standard InChI is InChI=1S/C26H29F2N3O3/c1-17-7-8-21(29-24(32)18-5-4-6-20(13-18)26(2,27)28)15-22(17)19-14-23(25(33)30(3)16-19)31-9-11-34-12-10-31/h4-8,13-16,25,33H,9-12H2,1-3H3,(H,29,32). The fraction of sp³-hybridized carbons (Fsp3) is 0.346. The Morgan fingerprint density at radius 2 is 1.91 bits per heavy atom. The molecule has 0 saturated carbocycles. The third-order valence-electron chi connectivity index (χ3n) is 6.11. The fourth-order valence-electron chi connectivity index (χ4n) is 4.14. The van der Waals surface area contributed by atoms with Gasteiger partial charge in [0.15, 0.2) is 6.23 Å². The molecule has 0 radical (unpaired) electrons. The van der Waals surface area contributed by atoms with Gasteiger partial charge >= 0.3 is 0 Å². The number of carbonyl (C=O) groups excluding carboxylic acids is 1. The summed E-state index contributed by atoms with van der Waals surface area (Å²) >= 11 is 0. The highest BCUT2D eigenvalue weighted by atomic mass is 19.3. The summed E-state index contributed by atoms with van der Waals surface area (Å²) in [7, 11) is 1.82. The molecule has 4 rings (SSSR count). The van der Waals surface area contributed by atoms with Crippen LogP contribution in [-0.2, 0) is 10.7 Å². The summed E-state index contributed by atoms with van der Waals surface area (Å²) in [6, 6.07) is 11.0. The number of carbonyl (C=O) groups is 1. The molecule has 2 aromatic rings. The molecule has 2 aliphatic rings. The van der Waals surface area contributed by atoms with Crippen molar-refractivity contribution in [3.05, 3.63) is 82.7 Å². The van der Waals surface area contributed by atoms with E-state index in [-0.39, 0.29) is 11.1 Å². The van der Waals surface area contributed by atoms with Crippen molar-refractivity contribution in [2.75, 3.05) is 38.7 Å². The minimum Gasteiger partial charge on any atom is -0.378 e. The van der Waals surface area contributed by atoms with E-state index in [9.17, 15) is 18.7 Å². The summed E-state index contributed by atoms with van der Waals surface area (Å²) in [5.41, 5.74) is 4.10. The Morgan fingerprint density at radius 1 is 1.18 bits per heavy atom. The summed E-state index contributed by atoms with van der Waals surface area (Å²) < 4.78 is 32.8. The Labute approximate surface area is 198 Å². The molecule has 180 valence electrons. The number of allylic oxidation sites excluding steroid dienone is 2. The second-order valence-electron chi connectivity index (χ2n) is 8.75. The number of benzene rings is 2. The first-order chi connectivity index (χ1) is 16.1. The van der Waals surface area contributed by atoms with Gasteiger partial charge in [-0.3, -0.25) is 4.79 Å². The van der Waals surface area contributed by atoms with Gasteiger partial charge in [-0.2, -0.15) is 0 Å². The third-order valence-corrected chi connectivity index (χ3v) is 6.11.